The molecule has 0 unspecified atom stereocenters. The van der Waals surface area contributed by atoms with Gasteiger partial charge in [-0.15, -0.1) is 0 Å². The van der Waals surface area contributed by atoms with Gasteiger partial charge in [0.2, 0.25) is 0 Å². The van der Waals surface area contributed by atoms with Crippen LogP contribution in [0.15, 0.2) is 42.9 Å². The molecule has 0 saturated heterocycles. The Morgan fingerprint density at radius 1 is 1.39 bits per heavy atom. The first-order chi connectivity index (χ1) is 11.1. The largest absolute Gasteiger partial charge is 0.398 e. The van der Waals surface area contributed by atoms with Crippen LogP contribution >= 0.6 is 0 Å². The molecular weight excluding hydrogens is 290 g/mol. The fourth-order valence-corrected chi connectivity index (χ4v) is 2.57. The maximum atomic E-state index is 11.9. The van der Waals surface area contributed by atoms with Gasteiger partial charge >= 0.3 is 6.03 Å². The monoisotopic (exact) mass is 309 g/mol. The van der Waals surface area contributed by atoms with Crippen molar-refractivity contribution in [2.45, 2.75) is 13.8 Å². The van der Waals surface area contributed by atoms with E-state index in [0.717, 1.165) is 22.4 Å². The van der Waals surface area contributed by atoms with Gasteiger partial charge in [-0.05, 0) is 37.1 Å². The molecule has 0 fully saturated rings. The third kappa shape index (κ3) is 2.83. The first-order valence-corrected chi connectivity index (χ1v) is 7.47. The molecule has 0 saturated carbocycles. The van der Waals surface area contributed by atoms with E-state index in [1.54, 1.807) is 6.20 Å². The normalized spacial score (nSPS) is 10.7. The van der Waals surface area contributed by atoms with E-state index in [9.17, 15) is 4.79 Å². The smallest absolute Gasteiger partial charge is 0.319 e. The van der Waals surface area contributed by atoms with Gasteiger partial charge in [-0.2, -0.15) is 0 Å². The van der Waals surface area contributed by atoms with Gasteiger partial charge in [-0.25, -0.2) is 9.78 Å². The minimum absolute atomic E-state index is 0.251. The zero-order valence-electron chi connectivity index (χ0n) is 13.1. The van der Waals surface area contributed by atoms with Crippen molar-refractivity contribution >= 4 is 23.1 Å². The average Bonchev–Trinajstić information content (AvgIpc) is 2.99. The molecule has 6 heteroatoms. The quantitative estimate of drug-likeness (QED) is 0.650. The lowest BCUT2D eigenvalue weighted by atomic mass is 10.0. The second kappa shape index (κ2) is 6.00. The number of urea groups is 1. The zero-order valence-corrected chi connectivity index (χ0v) is 13.1. The fraction of sp³-hybridized carbons (Fsp3) is 0.176. The molecule has 1 aromatic carbocycles. The highest BCUT2D eigenvalue weighted by molar-refractivity contribution is 5.94. The predicted octanol–water partition coefficient (Wildman–Crippen LogP) is 3.03. The lowest BCUT2D eigenvalue weighted by Crippen LogP contribution is -2.28. The topological polar surface area (TPSA) is 84.5 Å². The van der Waals surface area contributed by atoms with Gasteiger partial charge in [-0.3, -0.25) is 0 Å². The number of imidazole rings is 1. The molecule has 2 aromatic heterocycles. The Labute approximate surface area is 134 Å². The third-order valence-electron chi connectivity index (χ3n) is 3.76. The third-order valence-corrected chi connectivity index (χ3v) is 3.76. The Hall–Kier alpha value is -3.02. The first-order valence-electron chi connectivity index (χ1n) is 7.47. The number of benzene rings is 1. The van der Waals surface area contributed by atoms with Gasteiger partial charge in [-0.1, -0.05) is 12.1 Å². The maximum absolute atomic E-state index is 11.9. The van der Waals surface area contributed by atoms with E-state index >= 15 is 0 Å². The van der Waals surface area contributed by atoms with Crippen molar-refractivity contribution in [2.24, 2.45) is 0 Å². The summed E-state index contributed by atoms with van der Waals surface area (Å²) in [5.41, 5.74) is 11.1. The maximum Gasteiger partial charge on any atom is 0.319 e. The second-order valence-electron chi connectivity index (χ2n) is 5.30. The summed E-state index contributed by atoms with van der Waals surface area (Å²) < 4.78 is 1.89. The Balaban J connectivity index is 2.12. The van der Waals surface area contributed by atoms with Crippen LogP contribution in [0.5, 0.6) is 0 Å². The summed E-state index contributed by atoms with van der Waals surface area (Å²) in [6, 6.07) is 7.48. The number of nitrogen functional groups attached to an aromatic ring is 1. The summed E-state index contributed by atoms with van der Waals surface area (Å²) >= 11 is 0. The molecule has 0 bridgehead atoms. The van der Waals surface area contributed by atoms with Crippen LogP contribution in [0.3, 0.4) is 0 Å². The fourth-order valence-electron chi connectivity index (χ4n) is 2.57. The number of nitrogens with two attached hydrogens (primary N) is 1. The molecule has 2 amide bonds. The van der Waals surface area contributed by atoms with Crippen molar-refractivity contribution in [1.29, 1.82) is 0 Å². The zero-order chi connectivity index (χ0) is 16.4. The summed E-state index contributed by atoms with van der Waals surface area (Å²) in [4.78, 5) is 16.2. The number of rotatable bonds is 3. The van der Waals surface area contributed by atoms with Crippen LogP contribution in [-0.4, -0.2) is 22.0 Å². The molecule has 6 nitrogen and oxygen atoms in total. The van der Waals surface area contributed by atoms with Gasteiger partial charge in [0, 0.05) is 36.4 Å². The number of carbonyl (C=O) groups is 1. The molecule has 2 heterocycles. The molecule has 0 spiro atoms. The lowest BCUT2D eigenvalue weighted by Gasteiger charge is -2.13. The average molecular weight is 309 g/mol. The molecule has 0 aliphatic rings. The highest BCUT2D eigenvalue weighted by atomic mass is 16.2. The Bertz CT molecular complexity index is 869. The van der Waals surface area contributed by atoms with E-state index in [4.69, 9.17) is 5.73 Å². The first kappa shape index (κ1) is 14.9. The number of hydrogen-bond donors (Lipinski definition) is 3. The van der Waals surface area contributed by atoms with Crippen molar-refractivity contribution in [3.8, 4) is 11.1 Å². The summed E-state index contributed by atoms with van der Waals surface area (Å²) in [5, 5.41) is 5.58. The van der Waals surface area contributed by atoms with Gasteiger partial charge in [0.15, 0.2) is 5.65 Å². The highest BCUT2D eigenvalue weighted by Gasteiger charge is 2.11. The number of amides is 2. The molecule has 0 aliphatic carbocycles. The number of aromatic nitrogens is 2. The minimum Gasteiger partial charge on any atom is -0.398 e. The molecule has 3 rings (SSSR count). The van der Waals surface area contributed by atoms with Crippen molar-refractivity contribution in [3.63, 3.8) is 0 Å². The highest BCUT2D eigenvalue weighted by Crippen LogP contribution is 2.30. The minimum atomic E-state index is -0.251. The van der Waals surface area contributed by atoms with Crippen LogP contribution in [-0.2, 0) is 0 Å². The molecule has 118 valence electrons. The molecule has 0 atom stereocenters. The summed E-state index contributed by atoms with van der Waals surface area (Å²) in [6.45, 7) is 4.42. The lowest BCUT2D eigenvalue weighted by molar-refractivity contribution is 0.252. The molecule has 0 radical (unpaired) electrons. The van der Waals surface area contributed by atoms with E-state index in [1.165, 1.54) is 0 Å². The number of anilines is 2. The van der Waals surface area contributed by atoms with E-state index in [0.29, 0.717) is 17.9 Å². The summed E-state index contributed by atoms with van der Waals surface area (Å²) in [7, 11) is 0. The Morgan fingerprint density at radius 2 is 2.22 bits per heavy atom. The van der Waals surface area contributed by atoms with E-state index in [1.807, 2.05) is 54.9 Å². The van der Waals surface area contributed by atoms with Gasteiger partial charge < -0.3 is 20.8 Å². The van der Waals surface area contributed by atoms with Crippen molar-refractivity contribution in [1.82, 2.24) is 14.7 Å². The Morgan fingerprint density at radius 3 is 3.00 bits per heavy atom. The van der Waals surface area contributed by atoms with Crippen molar-refractivity contribution in [2.75, 3.05) is 17.6 Å². The van der Waals surface area contributed by atoms with E-state index < -0.39 is 0 Å². The predicted molar refractivity (Wildman–Crippen MR) is 92.5 cm³/mol. The van der Waals surface area contributed by atoms with Crippen LogP contribution in [0.25, 0.3) is 16.8 Å². The van der Waals surface area contributed by atoms with Crippen LogP contribution in [0.4, 0.5) is 16.2 Å². The number of nitrogens with one attached hydrogen (secondary N) is 2. The van der Waals surface area contributed by atoms with Crippen molar-refractivity contribution in [3.05, 3.63) is 48.4 Å². The number of fused-ring (bicyclic) bond motifs is 1. The number of hydrogen-bond acceptors (Lipinski definition) is 3. The van der Waals surface area contributed by atoms with Crippen LogP contribution in [0.2, 0.25) is 0 Å². The SMILES string of the molecule is CCNC(=O)Nc1cc(-c2cccc(N)c2C)cn2ccnc12. The van der Waals surface area contributed by atoms with E-state index in [2.05, 4.69) is 15.6 Å². The molecular formula is C17H19N5O. The Kier molecular flexibility index (Phi) is 3.89. The van der Waals surface area contributed by atoms with Crippen LogP contribution in [0, 0.1) is 6.92 Å². The van der Waals surface area contributed by atoms with Crippen molar-refractivity contribution < 1.29 is 4.79 Å². The molecule has 0 aliphatic heterocycles. The number of nitrogens with zero attached hydrogens (tertiary/aromatic N) is 2. The standard InChI is InChI=1S/C17H19N5O/c1-3-19-17(23)21-15-9-12(10-22-8-7-20-16(15)22)13-5-4-6-14(18)11(13)2/h4-10H,3,18H2,1-2H3,(H2,19,21,23). The van der Waals surface area contributed by atoms with Gasteiger partial charge in [0.25, 0.3) is 0 Å². The summed E-state index contributed by atoms with van der Waals surface area (Å²) in [5.74, 6) is 0. The number of pyridine rings is 1. The van der Waals surface area contributed by atoms with Crippen LogP contribution in [0.1, 0.15) is 12.5 Å². The van der Waals surface area contributed by atoms with Crippen LogP contribution < -0.4 is 16.4 Å². The van der Waals surface area contributed by atoms with E-state index in [-0.39, 0.29) is 6.03 Å². The summed E-state index contributed by atoms with van der Waals surface area (Å²) in [6.07, 6.45) is 5.53. The van der Waals surface area contributed by atoms with Gasteiger partial charge in [0.05, 0.1) is 5.69 Å². The number of carbonyl (C=O) groups excluding carboxylic acids is 1. The molecule has 3 aromatic rings. The second-order valence-corrected chi connectivity index (χ2v) is 5.30. The molecule has 4 N–H and O–H groups in total. The van der Waals surface area contributed by atoms with Gasteiger partial charge in [0.1, 0.15) is 0 Å². The molecule has 23 heavy (non-hydrogen) atoms.